The molecule has 0 amide bonds. The molecular formula is C11H15N. The maximum atomic E-state index is 7.50. The van der Waals surface area contributed by atoms with Crippen LogP contribution in [-0.4, -0.2) is 5.71 Å². The van der Waals surface area contributed by atoms with Gasteiger partial charge in [0, 0.05) is 5.71 Å². The van der Waals surface area contributed by atoms with Crippen LogP contribution in [0.2, 0.25) is 0 Å². The molecule has 0 heterocycles. The van der Waals surface area contributed by atoms with Crippen LogP contribution in [0.5, 0.6) is 0 Å². The summed E-state index contributed by atoms with van der Waals surface area (Å²) < 4.78 is 0. The second-order valence-corrected chi connectivity index (χ2v) is 3.13. The van der Waals surface area contributed by atoms with Crippen molar-refractivity contribution < 1.29 is 0 Å². The first-order valence-corrected chi connectivity index (χ1v) is 4.30. The van der Waals surface area contributed by atoms with Crippen LogP contribution in [0.4, 0.5) is 0 Å². The van der Waals surface area contributed by atoms with E-state index >= 15 is 0 Å². The molecule has 0 aliphatic carbocycles. The Hall–Kier alpha value is -1.11. The van der Waals surface area contributed by atoms with E-state index in [4.69, 9.17) is 5.41 Å². The summed E-state index contributed by atoms with van der Waals surface area (Å²) in [6.07, 6.45) is 1.07. The summed E-state index contributed by atoms with van der Waals surface area (Å²) in [6.45, 7) is 6.03. The minimum absolute atomic E-state index is 0.648. The molecule has 1 N–H and O–H groups in total. The highest BCUT2D eigenvalue weighted by atomic mass is 14.4. The van der Waals surface area contributed by atoms with Crippen molar-refractivity contribution in [1.82, 2.24) is 0 Å². The van der Waals surface area contributed by atoms with Gasteiger partial charge in [0.05, 0.1) is 0 Å². The molecule has 0 spiro atoms. The Balaban J connectivity index is 3.12. The molecule has 12 heavy (non-hydrogen) atoms. The molecule has 0 fully saturated rings. The molecule has 0 aliphatic rings. The van der Waals surface area contributed by atoms with Crippen LogP contribution in [0.15, 0.2) is 18.2 Å². The van der Waals surface area contributed by atoms with Gasteiger partial charge in [-0.3, -0.25) is 0 Å². The zero-order chi connectivity index (χ0) is 9.14. The van der Waals surface area contributed by atoms with Crippen molar-refractivity contribution in [2.45, 2.75) is 27.2 Å². The van der Waals surface area contributed by atoms with Crippen molar-refractivity contribution in [3.8, 4) is 0 Å². The van der Waals surface area contributed by atoms with Crippen LogP contribution >= 0.6 is 0 Å². The molecule has 1 rings (SSSR count). The molecular weight excluding hydrogens is 146 g/mol. The summed E-state index contributed by atoms with van der Waals surface area (Å²) in [5, 5.41) is 7.50. The minimum Gasteiger partial charge on any atom is -0.305 e. The lowest BCUT2D eigenvalue weighted by Gasteiger charge is -2.05. The molecule has 64 valence electrons. The largest absolute Gasteiger partial charge is 0.305 e. The monoisotopic (exact) mass is 161 g/mol. The van der Waals surface area contributed by atoms with E-state index in [1.54, 1.807) is 0 Å². The van der Waals surface area contributed by atoms with Gasteiger partial charge in [-0.15, -0.1) is 0 Å². The van der Waals surface area contributed by atoms with Gasteiger partial charge in [0.25, 0.3) is 0 Å². The van der Waals surface area contributed by atoms with E-state index in [9.17, 15) is 0 Å². The van der Waals surface area contributed by atoms with Gasteiger partial charge in [-0.25, -0.2) is 0 Å². The SMILES string of the molecule is CCc1ccc(C(C)=N)c(C)c1. The Bertz CT molecular complexity index is 300. The quantitative estimate of drug-likeness (QED) is 0.645. The fourth-order valence-electron chi connectivity index (χ4n) is 1.37. The van der Waals surface area contributed by atoms with Crippen molar-refractivity contribution in [2.24, 2.45) is 0 Å². The van der Waals surface area contributed by atoms with E-state index in [0.29, 0.717) is 5.71 Å². The number of nitrogens with one attached hydrogen (secondary N) is 1. The van der Waals surface area contributed by atoms with Crippen LogP contribution in [0, 0.1) is 12.3 Å². The molecule has 0 unspecified atom stereocenters. The van der Waals surface area contributed by atoms with E-state index in [1.165, 1.54) is 11.1 Å². The van der Waals surface area contributed by atoms with Crippen LogP contribution in [0.3, 0.4) is 0 Å². The second-order valence-electron chi connectivity index (χ2n) is 3.13. The molecule has 0 atom stereocenters. The fraction of sp³-hybridized carbons (Fsp3) is 0.364. The molecule has 1 heteroatoms. The third-order valence-electron chi connectivity index (χ3n) is 2.10. The zero-order valence-electron chi connectivity index (χ0n) is 7.94. The summed E-state index contributed by atoms with van der Waals surface area (Å²) in [4.78, 5) is 0. The summed E-state index contributed by atoms with van der Waals surface area (Å²) in [7, 11) is 0. The van der Waals surface area contributed by atoms with Crippen LogP contribution in [0.25, 0.3) is 0 Å². The minimum atomic E-state index is 0.648. The highest BCUT2D eigenvalue weighted by molar-refractivity contribution is 5.97. The van der Waals surface area contributed by atoms with Crippen molar-refractivity contribution in [1.29, 1.82) is 5.41 Å². The predicted molar refractivity (Wildman–Crippen MR) is 53.1 cm³/mol. The van der Waals surface area contributed by atoms with Crippen LogP contribution in [-0.2, 0) is 6.42 Å². The van der Waals surface area contributed by atoms with E-state index in [0.717, 1.165) is 12.0 Å². The third kappa shape index (κ3) is 1.73. The average Bonchev–Trinajstić information content (AvgIpc) is 2.03. The van der Waals surface area contributed by atoms with Crippen molar-refractivity contribution in [2.75, 3.05) is 0 Å². The van der Waals surface area contributed by atoms with Gasteiger partial charge in [0.15, 0.2) is 0 Å². The summed E-state index contributed by atoms with van der Waals surface area (Å²) in [5.41, 5.74) is 4.27. The van der Waals surface area contributed by atoms with E-state index < -0.39 is 0 Å². The van der Waals surface area contributed by atoms with Gasteiger partial charge < -0.3 is 5.41 Å². The first-order chi connectivity index (χ1) is 5.65. The Kier molecular flexibility index (Phi) is 2.64. The molecule has 1 aromatic rings. The highest BCUT2D eigenvalue weighted by Gasteiger charge is 2.00. The van der Waals surface area contributed by atoms with Gasteiger partial charge in [-0.2, -0.15) is 0 Å². The maximum Gasteiger partial charge on any atom is 0.0357 e. The zero-order valence-corrected chi connectivity index (χ0v) is 7.94. The van der Waals surface area contributed by atoms with Gasteiger partial charge in [0.1, 0.15) is 0 Å². The first kappa shape index (κ1) is 8.98. The van der Waals surface area contributed by atoms with Gasteiger partial charge in [0.2, 0.25) is 0 Å². The normalized spacial score (nSPS) is 9.92. The number of hydrogen-bond donors (Lipinski definition) is 1. The average molecular weight is 161 g/mol. The van der Waals surface area contributed by atoms with Crippen molar-refractivity contribution in [3.05, 3.63) is 34.9 Å². The highest BCUT2D eigenvalue weighted by Crippen LogP contribution is 2.11. The molecule has 0 aromatic heterocycles. The lowest BCUT2D eigenvalue weighted by molar-refractivity contribution is 1.13. The fourth-order valence-corrected chi connectivity index (χ4v) is 1.37. The number of aryl methyl sites for hydroxylation is 2. The van der Waals surface area contributed by atoms with Gasteiger partial charge in [-0.1, -0.05) is 25.1 Å². The van der Waals surface area contributed by atoms with Crippen molar-refractivity contribution in [3.63, 3.8) is 0 Å². The second kappa shape index (κ2) is 3.53. The Morgan fingerprint density at radius 3 is 2.50 bits per heavy atom. The van der Waals surface area contributed by atoms with Gasteiger partial charge in [-0.05, 0) is 37.0 Å². The molecule has 0 aliphatic heterocycles. The molecule has 1 aromatic carbocycles. The Morgan fingerprint density at radius 2 is 2.08 bits per heavy atom. The molecule has 1 nitrogen and oxygen atoms in total. The Morgan fingerprint density at radius 1 is 1.42 bits per heavy atom. The lowest BCUT2D eigenvalue weighted by atomic mass is 10.0. The van der Waals surface area contributed by atoms with E-state index in [-0.39, 0.29) is 0 Å². The standard InChI is InChI=1S/C11H15N/c1-4-10-5-6-11(9(3)12)8(2)7-10/h5-7,12H,4H2,1-3H3. The molecule has 0 radical (unpaired) electrons. The van der Waals surface area contributed by atoms with Crippen molar-refractivity contribution >= 4 is 5.71 Å². The third-order valence-corrected chi connectivity index (χ3v) is 2.10. The Labute approximate surface area is 73.9 Å². The summed E-state index contributed by atoms with van der Waals surface area (Å²) in [5.74, 6) is 0. The molecule has 0 saturated heterocycles. The topological polar surface area (TPSA) is 23.9 Å². The van der Waals surface area contributed by atoms with Gasteiger partial charge >= 0.3 is 0 Å². The van der Waals surface area contributed by atoms with E-state index in [2.05, 4.69) is 26.0 Å². The lowest BCUT2D eigenvalue weighted by Crippen LogP contribution is -1.96. The molecule has 0 bridgehead atoms. The first-order valence-electron chi connectivity index (χ1n) is 4.30. The summed E-state index contributed by atoms with van der Waals surface area (Å²) >= 11 is 0. The van der Waals surface area contributed by atoms with Crippen LogP contribution in [0.1, 0.15) is 30.5 Å². The smallest absolute Gasteiger partial charge is 0.0357 e. The van der Waals surface area contributed by atoms with Crippen LogP contribution < -0.4 is 0 Å². The predicted octanol–water partition coefficient (Wildman–Crippen LogP) is 2.95. The van der Waals surface area contributed by atoms with E-state index in [1.807, 2.05) is 13.0 Å². The molecule has 0 saturated carbocycles. The number of hydrogen-bond acceptors (Lipinski definition) is 1. The maximum absolute atomic E-state index is 7.50. The number of benzene rings is 1. The summed E-state index contributed by atoms with van der Waals surface area (Å²) in [6, 6.07) is 6.30. The number of rotatable bonds is 2.